The van der Waals surface area contributed by atoms with E-state index in [1.54, 1.807) is 52.0 Å². The Morgan fingerprint density at radius 2 is 0.597 bits per heavy atom. The molecule has 2 aliphatic rings. The molecule has 12 aromatic carbocycles. The van der Waals surface area contributed by atoms with E-state index in [4.69, 9.17) is 25.3 Å². The van der Waals surface area contributed by atoms with Crippen LogP contribution in [0.2, 0.25) is 0 Å². The Kier molecular flexibility index (Phi) is 32.2. The van der Waals surface area contributed by atoms with Gasteiger partial charge in [0.1, 0.15) is 11.2 Å². The molecule has 2 aliphatic carbocycles. The van der Waals surface area contributed by atoms with Gasteiger partial charge in [-0.25, -0.2) is 0 Å². The molecule has 0 amide bonds. The average molecular weight is 2600 g/mol. The van der Waals surface area contributed by atoms with Crippen LogP contribution in [0.5, 0.6) is 0 Å². The van der Waals surface area contributed by atoms with Gasteiger partial charge in [-0.2, -0.15) is 0 Å². The van der Waals surface area contributed by atoms with E-state index in [9.17, 15) is 0 Å². The first-order valence-electron chi connectivity index (χ1n) is 52.5. The molecule has 0 spiro atoms. The number of furan rings is 2. The van der Waals surface area contributed by atoms with Gasteiger partial charge in [0.25, 0.3) is 0 Å². The molecule has 22 aromatic rings. The third kappa shape index (κ3) is 26.5. The summed E-state index contributed by atoms with van der Waals surface area (Å²) >= 11 is 0. The van der Waals surface area contributed by atoms with Crippen molar-refractivity contribution in [3.63, 3.8) is 0 Å². The Morgan fingerprint density at radius 3 is 0.965 bits per heavy atom. The van der Waals surface area contributed by atoms with Gasteiger partial charge in [0.15, 0.2) is 0 Å². The van der Waals surface area contributed by atoms with Gasteiger partial charge in [0.2, 0.25) is 0 Å². The minimum absolute atomic E-state index is 0. The summed E-state index contributed by atoms with van der Waals surface area (Å²) in [5, 5.41) is 4.45. The fraction of sp³-hybridized carbons (Fsp3) is 0.138. The third-order valence-corrected chi connectivity index (χ3v) is 24.5. The van der Waals surface area contributed by atoms with Gasteiger partial charge >= 0.3 is 0 Å². The number of nitrogens with zero attached hydrogens (tertiary/aromatic N) is 8. The zero-order chi connectivity index (χ0) is 107. The molecule has 0 bridgehead atoms. The normalized spacial score (nSPS) is 12.4. The average Bonchev–Trinajstić information content (AvgIpc) is 1.64. The van der Waals surface area contributed by atoms with Crippen molar-refractivity contribution in [1.29, 1.82) is 0 Å². The van der Waals surface area contributed by atoms with Crippen molar-refractivity contribution >= 4 is 43.9 Å². The second-order valence-corrected chi connectivity index (χ2v) is 34.7. The number of para-hydroxylation sites is 2. The van der Waals surface area contributed by atoms with Crippen LogP contribution < -0.4 is 0 Å². The standard InChI is InChI=1S/C20H16NO.C20H16N.C19H14NO.C19H14N.4C13H12N.4Ir/c1-13(2)14-9-10-21-18(11-14)15-7-8-17-16-5-3-4-6-19(16)22-20(17)12-15;1-13-9-20(21-12-14(13)2)16-7-8-19-17(11-16)10-15-5-3-4-6-18(15)19;1-2-13-9-10-20-17(11-13)14-7-8-16-15-5-3-4-6-18(15)21-19(16)12-14;1-13-8-9-20-19(10-13)15-6-7-18-16(12-15)11-14-4-2-3-5-17(14)18;4*1-10-8-13(14-9-11(10)2)12-6-4-3-5-7-12;;;;/h3-6,8-13H,1-2H3;3-6,8-9,11-12H,10H2,1-2H3;3-6,8-12H,2H2,1H3;2-5,7-10,12H,11H2,1H3;4*3-6,8-9H,1-2H3;;;;/q8*-1;;;;/i;;;;4*2D3;;;;. The van der Waals surface area contributed by atoms with Crippen LogP contribution in [0.3, 0.4) is 0 Å². The molecule has 0 aliphatic heterocycles. The van der Waals surface area contributed by atoms with Crippen molar-refractivity contribution in [3.8, 4) is 112 Å². The van der Waals surface area contributed by atoms with Gasteiger partial charge in [-0.15, -0.1) is 238 Å². The van der Waals surface area contributed by atoms with Crippen molar-refractivity contribution in [3.05, 3.63) is 502 Å². The smallest absolute Gasteiger partial charge is 0.123 e. The Bertz CT molecular complexity index is 8230. The zero-order valence-corrected chi connectivity index (χ0v) is 90.6. The van der Waals surface area contributed by atoms with E-state index in [2.05, 4.69) is 245 Å². The molecule has 724 valence electrons. The van der Waals surface area contributed by atoms with Crippen LogP contribution in [0.1, 0.15) is 138 Å². The molecule has 0 N–H and O–H groups in total. The minimum atomic E-state index is -2.10. The maximum Gasteiger partial charge on any atom is 0.123 e. The van der Waals surface area contributed by atoms with E-state index < -0.39 is 27.4 Å². The van der Waals surface area contributed by atoms with Gasteiger partial charge in [-0.05, 0) is 227 Å². The van der Waals surface area contributed by atoms with Gasteiger partial charge in [0, 0.05) is 146 Å². The topological polar surface area (TPSA) is 129 Å². The first-order valence-corrected chi connectivity index (χ1v) is 46.5. The summed E-state index contributed by atoms with van der Waals surface area (Å²) in [7, 11) is 0. The van der Waals surface area contributed by atoms with Crippen molar-refractivity contribution in [2.24, 2.45) is 0 Å². The molecule has 144 heavy (non-hydrogen) atoms. The van der Waals surface area contributed by atoms with Gasteiger partial charge in [-0.3, -0.25) is 0 Å². The predicted molar refractivity (Wildman–Crippen MR) is 575 cm³/mol. The molecule has 10 nitrogen and oxygen atoms in total. The number of hydrogen-bond donors (Lipinski definition) is 0. The van der Waals surface area contributed by atoms with Crippen molar-refractivity contribution in [2.75, 3.05) is 0 Å². The predicted octanol–water partition coefficient (Wildman–Crippen LogP) is 32.4. The number of pyridine rings is 8. The van der Waals surface area contributed by atoms with Crippen molar-refractivity contribution < 1.29 is 106 Å². The number of aryl methyl sites for hydroxylation is 12. The summed E-state index contributed by atoms with van der Waals surface area (Å²) in [6.45, 7) is 11.6. The Morgan fingerprint density at radius 1 is 0.271 bits per heavy atom. The maximum atomic E-state index is 7.37. The van der Waals surface area contributed by atoms with Crippen molar-refractivity contribution in [2.45, 2.75) is 122 Å². The summed E-state index contributed by atoms with van der Waals surface area (Å²) in [5.41, 5.74) is 39.4. The fourth-order valence-electron chi connectivity index (χ4n) is 16.3. The van der Waals surface area contributed by atoms with E-state index in [0.717, 1.165) is 175 Å². The Labute approximate surface area is 918 Å². The summed E-state index contributed by atoms with van der Waals surface area (Å²) in [6.07, 6.45) is 16.3. The second-order valence-electron chi connectivity index (χ2n) is 34.7. The quantitative estimate of drug-likeness (QED) is 0.122. The Balaban J connectivity index is 0.000000148. The van der Waals surface area contributed by atoms with E-state index in [0.29, 0.717) is 28.2 Å². The maximum absolute atomic E-state index is 7.37. The van der Waals surface area contributed by atoms with E-state index in [1.807, 2.05) is 195 Å². The molecule has 10 heterocycles. The fourth-order valence-corrected chi connectivity index (χ4v) is 16.3. The molecule has 4 radical (unpaired) electrons. The van der Waals surface area contributed by atoms with Crippen LogP contribution in [0, 0.1) is 124 Å². The molecule has 0 fully saturated rings. The number of benzene rings is 12. The monoisotopic (exact) mass is 2600 g/mol. The molecule has 0 unspecified atom stereocenters. The molecule has 10 aromatic heterocycles. The zero-order valence-electron chi connectivity index (χ0n) is 93.0. The molecular formula is C130H108Ir4N8O2-8. The Hall–Kier alpha value is -14.0. The largest absolute Gasteiger partial charge is 0.476 e. The first-order chi connectivity index (χ1) is 73.0. The molecule has 24 rings (SSSR count). The number of hydrogen-bond acceptors (Lipinski definition) is 10. The van der Waals surface area contributed by atoms with Crippen LogP contribution in [-0.2, 0) is 99.7 Å². The SMILES string of the molecule is CC(C)c1ccnc(-c2[c-]cc3c(c2)oc2ccccc23)c1.CCc1ccnc(-c2[c-]cc3c(c2)oc2ccccc23)c1.Cc1ccnc(-c2[c-]cc3c(c2)Cc2ccccc2-3)c1.Cc1cnc(-c2[c-]cc3c(c2)Cc2ccccc2-3)cc1C.[2H]C([2H])([2H])c1cnc(-c2[c-]cccc2)cc1C.[2H]C([2H])([2H])c1cnc(-c2[c-]cccc2)cc1C.[2H]C([2H])([2H])c1cnc(-c2[c-]cccc2)cc1C.[2H]C([2H])([2H])c1cnc(-c2[c-]cccc2)cc1C.[Ir].[Ir].[Ir].[Ir]. The number of aromatic nitrogens is 8. The molecule has 0 saturated heterocycles. The van der Waals surface area contributed by atoms with Crippen LogP contribution in [0.4, 0.5) is 0 Å². The molecule has 0 atom stereocenters. The van der Waals surface area contributed by atoms with Crippen LogP contribution in [0.15, 0.2) is 368 Å². The number of rotatable bonds is 10. The van der Waals surface area contributed by atoms with Crippen LogP contribution >= 0.6 is 0 Å². The number of fused-ring (bicyclic) bond motifs is 12. The summed E-state index contributed by atoms with van der Waals surface area (Å²) in [4.78, 5) is 34.7. The van der Waals surface area contributed by atoms with Gasteiger partial charge < -0.3 is 48.7 Å². The first kappa shape index (κ1) is 91.3. The second kappa shape index (κ2) is 50.8. The third-order valence-electron chi connectivity index (χ3n) is 24.5. The molecule has 0 saturated carbocycles. The summed E-state index contributed by atoms with van der Waals surface area (Å²) in [5.74, 6) is 0.483. The van der Waals surface area contributed by atoms with E-state index >= 15 is 0 Å². The molecule has 14 heteroatoms. The minimum Gasteiger partial charge on any atom is -0.476 e. The van der Waals surface area contributed by atoms with E-state index in [1.165, 1.54) is 97.1 Å². The van der Waals surface area contributed by atoms with Crippen molar-refractivity contribution in [1.82, 2.24) is 39.9 Å². The van der Waals surface area contributed by atoms with Gasteiger partial charge in [0.05, 0.1) is 11.2 Å². The summed E-state index contributed by atoms with van der Waals surface area (Å²) in [6, 6.07) is 128. The summed E-state index contributed by atoms with van der Waals surface area (Å²) < 4.78 is 100. The molecular weight excluding hydrogens is 2470 g/mol. The van der Waals surface area contributed by atoms with Crippen LogP contribution in [-0.4, -0.2) is 39.9 Å². The van der Waals surface area contributed by atoms with Gasteiger partial charge in [-0.1, -0.05) is 244 Å². The van der Waals surface area contributed by atoms with Crippen LogP contribution in [0.25, 0.3) is 156 Å². The van der Waals surface area contributed by atoms with E-state index in [-0.39, 0.29) is 80.4 Å².